The minimum absolute atomic E-state index is 0.0313. The molecule has 3 unspecified atom stereocenters. The second-order valence-corrected chi connectivity index (χ2v) is 6.56. The number of hydrogen-bond donors (Lipinski definition) is 2. The van der Waals surface area contributed by atoms with Crippen molar-refractivity contribution in [2.75, 3.05) is 6.54 Å². The van der Waals surface area contributed by atoms with E-state index in [0.29, 0.717) is 6.04 Å². The van der Waals surface area contributed by atoms with E-state index in [9.17, 15) is 0 Å². The van der Waals surface area contributed by atoms with E-state index in [1.165, 1.54) is 49.7 Å². The van der Waals surface area contributed by atoms with Crippen molar-refractivity contribution in [3.63, 3.8) is 0 Å². The van der Waals surface area contributed by atoms with Gasteiger partial charge >= 0.3 is 0 Å². The van der Waals surface area contributed by atoms with Crippen LogP contribution in [0.3, 0.4) is 0 Å². The molecule has 2 nitrogen and oxygen atoms in total. The van der Waals surface area contributed by atoms with Crippen LogP contribution < -0.4 is 11.1 Å². The number of hydrogen-bond acceptors (Lipinski definition) is 2. The van der Waals surface area contributed by atoms with Crippen molar-refractivity contribution in [1.29, 1.82) is 0 Å². The van der Waals surface area contributed by atoms with Gasteiger partial charge in [-0.05, 0) is 55.6 Å². The van der Waals surface area contributed by atoms with Crippen molar-refractivity contribution < 1.29 is 0 Å². The van der Waals surface area contributed by atoms with Gasteiger partial charge in [0.1, 0.15) is 0 Å². The Hall–Kier alpha value is -0.860. The molecule has 2 aliphatic carbocycles. The minimum atomic E-state index is 0.0313. The van der Waals surface area contributed by atoms with E-state index in [-0.39, 0.29) is 5.54 Å². The van der Waals surface area contributed by atoms with Crippen LogP contribution in [-0.2, 0) is 12.0 Å². The smallest absolute Gasteiger partial charge is 0.0563 e. The average molecular weight is 258 g/mol. The van der Waals surface area contributed by atoms with E-state index in [1.807, 2.05) is 0 Å². The lowest BCUT2D eigenvalue weighted by Gasteiger charge is -2.41. The highest BCUT2D eigenvalue weighted by molar-refractivity contribution is 5.36. The van der Waals surface area contributed by atoms with Gasteiger partial charge in [0.2, 0.25) is 0 Å². The first-order valence-corrected chi connectivity index (χ1v) is 7.80. The Morgan fingerprint density at radius 2 is 2.16 bits per heavy atom. The zero-order valence-corrected chi connectivity index (χ0v) is 12.0. The van der Waals surface area contributed by atoms with Crippen LogP contribution in [0.25, 0.3) is 0 Å². The van der Waals surface area contributed by atoms with Gasteiger partial charge in [-0.15, -0.1) is 0 Å². The molecule has 19 heavy (non-hydrogen) atoms. The molecule has 0 bridgehead atoms. The summed E-state index contributed by atoms with van der Waals surface area (Å²) < 4.78 is 0. The minimum Gasteiger partial charge on any atom is -0.328 e. The molecule has 3 atom stereocenters. The van der Waals surface area contributed by atoms with Gasteiger partial charge in [0.15, 0.2) is 0 Å². The second-order valence-electron chi connectivity index (χ2n) is 6.56. The summed E-state index contributed by atoms with van der Waals surface area (Å²) in [5.41, 5.74) is 9.19. The van der Waals surface area contributed by atoms with E-state index in [4.69, 9.17) is 5.73 Å². The quantitative estimate of drug-likeness (QED) is 0.875. The Labute approximate surface area is 116 Å². The summed E-state index contributed by atoms with van der Waals surface area (Å²) in [6.45, 7) is 3.08. The highest BCUT2D eigenvalue weighted by Gasteiger charge is 2.37. The summed E-state index contributed by atoms with van der Waals surface area (Å²) in [7, 11) is 0. The van der Waals surface area contributed by atoms with Crippen molar-refractivity contribution >= 4 is 0 Å². The number of benzene rings is 1. The van der Waals surface area contributed by atoms with Crippen LogP contribution in [0.1, 0.15) is 50.2 Å². The molecule has 2 heteroatoms. The molecule has 0 saturated heterocycles. The lowest BCUT2D eigenvalue weighted by Crippen LogP contribution is -2.53. The monoisotopic (exact) mass is 258 g/mol. The molecule has 0 aliphatic heterocycles. The number of nitrogens with two attached hydrogens (primary N) is 1. The molecule has 2 aliphatic rings. The average Bonchev–Trinajstić information content (AvgIpc) is 2.84. The van der Waals surface area contributed by atoms with Gasteiger partial charge in [0, 0.05) is 12.6 Å². The molecule has 0 heterocycles. The zero-order valence-electron chi connectivity index (χ0n) is 12.0. The molecule has 0 radical (unpaired) electrons. The Morgan fingerprint density at radius 1 is 1.32 bits per heavy atom. The zero-order chi connectivity index (χ0) is 13.3. The van der Waals surface area contributed by atoms with Crippen LogP contribution in [0.5, 0.6) is 0 Å². The Bertz CT molecular complexity index is 443. The fourth-order valence-corrected chi connectivity index (χ4v) is 4.07. The molecule has 0 spiro atoms. The number of aryl methyl sites for hydroxylation is 1. The van der Waals surface area contributed by atoms with Gasteiger partial charge in [0.05, 0.1) is 5.54 Å². The molecule has 1 fully saturated rings. The van der Waals surface area contributed by atoms with Crippen LogP contribution >= 0.6 is 0 Å². The van der Waals surface area contributed by atoms with Crippen LogP contribution in [0.15, 0.2) is 24.3 Å². The summed E-state index contributed by atoms with van der Waals surface area (Å²) in [4.78, 5) is 0. The van der Waals surface area contributed by atoms with Crippen molar-refractivity contribution in [2.24, 2.45) is 11.7 Å². The van der Waals surface area contributed by atoms with Gasteiger partial charge in [0.25, 0.3) is 0 Å². The highest BCUT2D eigenvalue weighted by Crippen LogP contribution is 2.37. The van der Waals surface area contributed by atoms with Crippen molar-refractivity contribution in [2.45, 2.75) is 57.0 Å². The molecule has 3 rings (SSSR count). The third-order valence-electron chi connectivity index (χ3n) is 5.11. The lowest BCUT2D eigenvalue weighted by molar-refractivity contribution is 0.255. The lowest BCUT2D eigenvalue weighted by atomic mass is 9.76. The van der Waals surface area contributed by atoms with E-state index < -0.39 is 0 Å². The van der Waals surface area contributed by atoms with Gasteiger partial charge < -0.3 is 11.1 Å². The Balaban J connectivity index is 1.87. The third-order valence-corrected chi connectivity index (χ3v) is 5.11. The molecule has 3 N–H and O–H groups in total. The maximum absolute atomic E-state index is 6.20. The summed E-state index contributed by atoms with van der Waals surface area (Å²) in [5, 5.41) is 3.94. The summed E-state index contributed by atoms with van der Waals surface area (Å²) in [6, 6.07) is 9.53. The first kappa shape index (κ1) is 13.1. The Kier molecular flexibility index (Phi) is 3.64. The number of rotatable bonds is 3. The molecule has 0 amide bonds. The van der Waals surface area contributed by atoms with E-state index in [1.54, 1.807) is 0 Å². The van der Waals surface area contributed by atoms with Gasteiger partial charge in [-0.1, -0.05) is 31.2 Å². The molecule has 1 saturated carbocycles. The van der Waals surface area contributed by atoms with Crippen molar-refractivity contribution in [3.05, 3.63) is 35.4 Å². The topological polar surface area (TPSA) is 38.0 Å². The van der Waals surface area contributed by atoms with Gasteiger partial charge in [-0.3, -0.25) is 0 Å². The summed E-state index contributed by atoms with van der Waals surface area (Å²) >= 11 is 0. The third kappa shape index (κ3) is 2.44. The number of nitrogens with one attached hydrogen (secondary N) is 1. The fourth-order valence-electron chi connectivity index (χ4n) is 4.07. The molecule has 1 aromatic rings. The van der Waals surface area contributed by atoms with E-state index in [2.05, 4.69) is 36.5 Å². The van der Waals surface area contributed by atoms with Crippen LogP contribution in [0.4, 0.5) is 0 Å². The fraction of sp³-hybridized carbons (Fsp3) is 0.647. The summed E-state index contributed by atoms with van der Waals surface area (Å²) in [6.07, 6.45) is 7.63. The maximum atomic E-state index is 6.20. The van der Waals surface area contributed by atoms with Crippen LogP contribution in [-0.4, -0.2) is 12.6 Å². The standard InChI is InChI=1S/C17H26N2/c1-13-8-9-15(11-13)19-17(12-18)10-4-6-14-5-2-3-7-16(14)17/h2-3,5,7,13,15,19H,4,6,8-12,18H2,1H3. The molecule has 104 valence electrons. The first-order chi connectivity index (χ1) is 9.23. The molecular weight excluding hydrogens is 232 g/mol. The normalized spacial score (nSPS) is 34.2. The highest BCUT2D eigenvalue weighted by atomic mass is 15.0. The predicted octanol–water partition coefficient (Wildman–Crippen LogP) is 2.96. The van der Waals surface area contributed by atoms with Gasteiger partial charge in [-0.2, -0.15) is 0 Å². The largest absolute Gasteiger partial charge is 0.328 e. The van der Waals surface area contributed by atoms with Crippen LogP contribution in [0.2, 0.25) is 0 Å². The molecule has 0 aromatic heterocycles. The van der Waals surface area contributed by atoms with Crippen molar-refractivity contribution in [3.8, 4) is 0 Å². The van der Waals surface area contributed by atoms with E-state index >= 15 is 0 Å². The molecule has 1 aromatic carbocycles. The van der Waals surface area contributed by atoms with Crippen molar-refractivity contribution in [1.82, 2.24) is 5.32 Å². The van der Waals surface area contributed by atoms with Gasteiger partial charge in [-0.25, -0.2) is 0 Å². The first-order valence-electron chi connectivity index (χ1n) is 7.80. The Morgan fingerprint density at radius 3 is 2.89 bits per heavy atom. The SMILES string of the molecule is CC1CCC(NC2(CN)CCCc3ccccc32)C1. The number of fused-ring (bicyclic) bond motifs is 1. The van der Waals surface area contributed by atoms with Crippen LogP contribution in [0, 0.1) is 5.92 Å². The molecular formula is C17H26N2. The second kappa shape index (κ2) is 5.26. The predicted molar refractivity (Wildman–Crippen MR) is 80.1 cm³/mol. The summed E-state index contributed by atoms with van der Waals surface area (Å²) in [5.74, 6) is 0.867. The van der Waals surface area contributed by atoms with E-state index in [0.717, 1.165) is 12.5 Å². The maximum Gasteiger partial charge on any atom is 0.0563 e.